The van der Waals surface area contributed by atoms with Gasteiger partial charge in [0.15, 0.2) is 11.4 Å². The van der Waals surface area contributed by atoms with Crippen molar-refractivity contribution in [3.63, 3.8) is 0 Å². The standard InChI is InChI=1S/C14H16N2O2S/c1-9-3-6-11(18-9)7-16(2)14-15-13(10-4-5-10)12(8-17)19-14/h3,6,8,10H,4-5,7H2,1-2H3. The number of anilines is 1. The molecular weight excluding hydrogens is 260 g/mol. The first kappa shape index (κ1) is 12.4. The quantitative estimate of drug-likeness (QED) is 0.785. The van der Waals surface area contributed by atoms with Crippen LogP contribution < -0.4 is 4.90 Å². The van der Waals surface area contributed by atoms with Crippen molar-refractivity contribution in [2.45, 2.75) is 32.2 Å². The Morgan fingerprint density at radius 1 is 1.53 bits per heavy atom. The summed E-state index contributed by atoms with van der Waals surface area (Å²) in [6, 6.07) is 3.93. The van der Waals surface area contributed by atoms with E-state index in [0.717, 1.165) is 46.4 Å². The third kappa shape index (κ3) is 2.56. The van der Waals surface area contributed by atoms with E-state index in [1.54, 1.807) is 0 Å². The molecule has 0 atom stereocenters. The van der Waals surface area contributed by atoms with Gasteiger partial charge in [0.1, 0.15) is 11.5 Å². The fraction of sp³-hybridized carbons (Fsp3) is 0.429. The first-order valence-electron chi connectivity index (χ1n) is 6.39. The number of aryl methyl sites for hydroxylation is 1. The molecule has 1 aliphatic rings. The predicted molar refractivity (Wildman–Crippen MR) is 75.0 cm³/mol. The number of carbonyl (C=O) groups excluding carboxylic acids is 1. The van der Waals surface area contributed by atoms with E-state index in [2.05, 4.69) is 4.98 Å². The minimum Gasteiger partial charge on any atom is -0.464 e. The van der Waals surface area contributed by atoms with E-state index < -0.39 is 0 Å². The molecule has 19 heavy (non-hydrogen) atoms. The lowest BCUT2D eigenvalue weighted by atomic mass is 10.3. The van der Waals surface area contributed by atoms with Gasteiger partial charge in [-0.3, -0.25) is 4.79 Å². The molecule has 0 bridgehead atoms. The van der Waals surface area contributed by atoms with Crippen LogP contribution in [0.1, 0.15) is 45.6 Å². The smallest absolute Gasteiger partial charge is 0.186 e. The highest BCUT2D eigenvalue weighted by Crippen LogP contribution is 2.43. The summed E-state index contributed by atoms with van der Waals surface area (Å²) in [5.74, 6) is 2.33. The van der Waals surface area contributed by atoms with E-state index >= 15 is 0 Å². The highest BCUT2D eigenvalue weighted by atomic mass is 32.1. The molecule has 2 aromatic heterocycles. The molecule has 1 aliphatic carbocycles. The van der Waals surface area contributed by atoms with Crippen LogP contribution in [0.25, 0.3) is 0 Å². The number of aromatic nitrogens is 1. The van der Waals surface area contributed by atoms with Crippen LogP contribution in [0.15, 0.2) is 16.5 Å². The van der Waals surface area contributed by atoms with Gasteiger partial charge in [0.25, 0.3) is 0 Å². The maximum atomic E-state index is 11.1. The van der Waals surface area contributed by atoms with Crippen molar-refractivity contribution in [2.24, 2.45) is 0 Å². The van der Waals surface area contributed by atoms with E-state index in [0.29, 0.717) is 12.5 Å². The Morgan fingerprint density at radius 3 is 2.89 bits per heavy atom. The number of hydrogen-bond acceptors (Lipinski definition) is 5. The van der Waals surface area contributed by atoms with E-state index in [9.17, 15) is 4.79 Å². The zero-order valence-electron chi connectivity index (χ0n) is 11.0. The van der Waals surface area contributed by atoms with Gasteiger partial charge in [-0.25, -0.2) is 4.98 Å². The Balaban J connectivity index is 1.79. The van der Waals surface area contributed by atoms with Gasteiger partial charge in [0, 0.05) is 13.0 Å². The fourth-order valence-corrected chi connectivity index (χ4v) is 3.03. The molecular formula is C14H16N2O2S. The Labute approximate surface area is 116 Å². The van der Waals surface area contributed by atoms with Crippen LogP contribution in [0.3, 0.4) is 0 Å². The second-order valence-corrected chi connectivity index (χ2v) is 6.02. The van der Waals surface area contributed by atoms with Crippen LogP contribution in [0.5, 0.6) is 0 Å². The number of thiazole rings is 1. The Morgan fingerprint density at radius 2 is 2.32 bits per heavy atom. The zero-order chi connectivity index (χ0) is 13.4. The predicted octanol–water partition coefficient (Wildman–Crippen LogP) is 3.37. The van der Waals surface area contributed by atoms with E-state index in [-0.39, 0.29) is 0 Å². The number of furan rings is 1. The maximum absolute atomic E-state index is 11.1. The minimum atomic E-state index is 0.504. The lowest BCUT2D eigenvalue weighted by Crippen LogP contribution is -2.15. The number of hydrogen-bond donors (Lipinski definition) is 0. The Kier molecular flexibility index (Phi) is 3.14. The average Bonchev–Trinajstić information content (AvgIpc) is 3.01. The minimum absolute atomic E-state index is 0.504. The van der Waals surface area contributed by atoms with Crippen LogP contribution in [0.2, 0.25) is 0 Å². The SMILES string of the molecule is Cc1ccc(CN(C)c2nc(C3CC3)c(C=O)s2)o1. The van der Waals surface area contributed by atoms with Crippen LogP contribution in [-0.4, -0.2) is 18.3 Å². The molecule has 0 radical (unpaired) electrons. The maximum Gasteiger partial charge on any atom is 0.186 e. The molecule has 0 aromatic carbocycles. The van der Waals surface area contributed by atoms with Crippen molar-refractivity contribution in [1.29, 1.82) is 0 Å². The molecule has 0 aliphatic heterocycles. The molecule has 1 fully saturated rings. The third-order valence-electron chi connectivity index (χ3n) is 3.26. The van der Waals surface area contributed by atoms with Gasteiger partial charge in [-0.2, -0.15) is 0 Å². The van der Waals surface area contributed by atoms with Crippen LogP contribution >= 0.6 is 11.3 Å². The number of carbonyl (C=O) groups is 1. The van der Waals surface area contributed by atoms with Crippen molar-refractivity contribution in [3.8, 4) is 0 Å². The van der Waals surface area contributed by atoms with E-state index in [4.69, 9.17) is 4.42 Å². The summed E-state index contributed by atoms with van der Waals surface area (Å²) in [6.07, 6.45) is 3.25. The topological polar surface area (TPSA) is 46.3 Å². The van der Waals surface area contributed by atoms with Gasteiger partial charge in [-0.05, 0) is 31.9 Å². The van der Waals surface area contributed by atoms with Crippen LogP contribution in [0, 0.1) is 6.92 Å². The number of aldehydes is 1. The van der Waals surface area contributed by atoms with Crippen molar-refractivity contribution < 1.29 is 9.21 Å². The van der Waals surface area contributed by atoms with Gasteiger partial charge in [0.05, 0.1) is 17.1 Å². The molecule has 0 amide bonds. The third-order valence-corrected chi connectivity index (χ3v) is 4.37. The molecule has 3 rings (SSSR count). The second kappa shape index (κ2) is 4.81. The highest BCUT2D eigenvalue weighted by molar-refractivity contribution is 7.17. The molecule has 100 valence electrons. The Hall–Kier alpha value is -1.62. The normalized spacial score (nSPS) is 14.6. The lowest BCUT2D eigenvalue weighted by Gasteiger charge is -2.13. The van der Waals surface area contributed by atoms with E-state index in [1.165, 1.54) is 11.3 Å². The summed E-state index contributed by atoms with van der Waals surface area (Å²) in [7, 11) is 1.97. The molecule has 5 heteroatoms. The lowest BCUT2D eigenvalue weighted by molar-refractivity contribution is 0.112. The van der Waals surface area contributed by atoms with Gasteiger partial charge in [-0.15, -0.1) is 0 Å². The highest BCUT2D eigenvalue weighted by Gasteiger charge is 2.30. The molecule has 2 heterocycles. The summed E-state index contributed by atoms with van der Waals surface area (Å²) < 4.78 is 5.56. The van der Waals surface area contributed by atoms with Crippen molar-refractivity contribution in [2.75, 3.05) is 11.9 Å². The van der Waals surface area contributed by atoms with Crippen molar-refractivity contribution in [3.05, 3.63) is 34.2 Å². The summed E-state index contributed by atoms with van der Waals surface area (Å²) in [5, 5.41) is 0.887. The summed E-state index contributed by atoms with van der Waals surface area (Å²) in [5.41, 5.74) is 0.984. The second-order valence-electron chi connectivity index (χ2n) is 5.01. The van der Waals surface area contributed by atoms with Gasteiger partial charge in [0.2, 0.25) is 0 Å². The molecule has 0 unspecified atom stereocenters. The van der Waals surface area contributed by atoms with Gasteiger partial charge >= 0.3 is 0 Å². The average molecular weight is 276 g/mol. The molecule has 0 spiro atoms. The monoisotopic (exact) mass is 276 g/mol. The van der Waals surface area contributed by atoms with Crippen molar-refractivity contribution >= 4 is 22.8 Å². The first-order chi connectivity index (χ1) is 9.17. The zero-order valence-corrected chi connectivity index (χ0v) is 11.9. The number of rotatable bonds is 5. The molecule has 0 saturated heterocycles. The van der Waals surface area contributed by atoms with Crippen LogP contribution in [0.4, 0.5) is 5.13 Å². The summed E-state index contributed by atoms with van der Waals surface area (Å²) >= 11 is 1.47. The van der Waals surface area contributed by atoms with Gasteiger partial charge in [-0.1, -0.05) is 11.3 Å². The molecule has 2 aromatic rings. The molecule has 1 saturated carbocycles. The molecule has 0 N–H and O–H groups in total. The van der Waals surface area contributed by atoms with Crippen LogP contribution in [-0.2, 0) is 6.54 Å². The summed E-state index contributed by atoms with van der Waals surface area (Å²) in [4.78, 5) is 18.5. The molecule has 4 nitrogen and oxygen atoms in total. The van der Waals surface area contributed by atoms with Gasteiger partial charge < -0.3 is 9.32 Å². The number of nitrogens with zero attached hydrogens (tertiary/aromatic N) is 2. The fourth-order valence-electron chi connectivity index (χ4n) is 2.10. The van der Waals surface area contributed by atoms with E-state index in [1.807, 2.05) is 31.0 Å². The summed E-state index contributed by atoms with van der Waals surface area (Å²) in [6.45, 7) is 2.60. The van der Waals surface area contributed by atoms with Crippen molar-refractivity contribution in [1.82, 2.24) is 4.98 Å². The Bertz CT molecular complexity index is 598. The largest absolute Gasteiger partial charge is 0.464 e. The first-order valence-corrected chi connectivity index (χ1v) is 7.21.